The molecule has 1 aliphatic carbocycles. The van der Waals surface area contributed by atoms with Gasteiger partial charge >= 0.3 is 0 Å². The Hall–Kier alpha value is -4.06. The summed E-state index contributed by atoms with van der Waals surface area (Å²) in [7, 11) is 1.56. The lowest BCUT2D eigenvalue weighted by atomic mass is 10.1. The monoisotopic (exact) mass is 481 g/mol. The van der Waals surface area contributed by atoms with Crippen LogP contribution in [0, 0.1) is 0 Å². The molecule has 4 aromatic rings. The molecule has 0 unspecified atom stereocenters. The van der Waals surface area contributed by atoms with Crippen LogP contribution in [0.2, 0.25) is 0 Å². The number of hydrogen-bond acceptors (Lipinski definition) is 3. The average Bonchev–Trinajstić information content (AvgIpc) is 3.69. The van der Waals surface area contributed by atoms with Crippen LogP contribution in [-0.4, -0.2) is 52.8 Å². The molecule has 1 heterocycles. The summed E-state index contributed by atoms with van der Waals surface area (Å²) in [4.78, 5) is 34.1. The van der Waals surface area contributed by atoms with Gasteiger partial charge in [0.15, 0.2) is 0 Å². The van der Waals surface area contributed by atoms with Crippen LogP contribution in [0.4, 0.5) is 0 Å². The third-order valence-corrected chi connectivity index (χ3v) is 6.79. The quantitative estimate of drug-likeness (QED) is 0.345. The number of rotatable bonds is 10. The van der Waals surface area contributed by atoms with Crippen molar-refractivity contribution in [2.75, 3.05) is 20.2 Å². The van der Waals surface area contributed by atoms with Gasteiger partial charge in [-0.05, 0) is 48.6 Å². The van der Waals surface area contributed by atoms with Crippen molar-refractivity contribution < 1.29 is 14.3 Å². The fraction of sp³-hybridized carbons (Fsp3) is 0.267. The molecule has 1 fully saturated rings. The first-order valence-electron chi connectivity index (χ1n) is 12.4. The normalized spacial score (nSPS) is 12.9. The zero-order chi connectivity index (χ0) is 24.9. The van der Waals surface area contributed by atoms with Crippen molar-refractivity contribution in [2.45, 2.75) is 31.8 Å². The number of para-hydroxylation sites is 2. The summed E-state index contributed by atoms with van der Waals surface area (Å²) < 4.78 is 5.42. The van der Waals surface area contributed by atoms with Crippen LogP contribution in [-0.2, 0) is 17.8 Å². The molecule has 1 saturated carbocycles. The third kappa shape index (κ3) is 5.28. The van der Waals surface area contributed by atoms with E-state index < -0.39 is 0 Å². The number of H-pyrrole nitrogens is 1. The van der Waals surface area contributed by atoms with Gasteiger partial charge in [-0.25, -0.2) is 0 Å². The Labute approximate surface area is 211 Å². The highest BCUT2D eigenvalue weighted by molar-refractivity contribution is 5.99. The van der Waals surface area contributed by atoms with E-state index in [0.717, 1.165) is 30.3 Å². The molecule has 0 saturated heterocycles. The number of amides is 2. The second-order valence-electron chi connectivity index (χ2n) is 9.27. The average molecular weight is 482 g/mol. The van der Waals surface area contributed by atoms with Gasteiger partial charge in [0, 0.05) is 36.2 Å². The minimum absolute atomic E-state index is 0.0474. The Balaban J connectivity index is 1.35. The summed E-state index contributed by atoms with van der Waals surface area (Å²) >= 11 is 0. The second-order valence-corrected chi connectivity index (χ2v) is 9.27. The number of carbonyl (C=O) groups is 2. The van der Waals surface area contributed by atoms with Gasteiger partial charge in [-0.15, -0.1) is 0 Å². The predicted molar refractivity (Wildman–Crippen MR) is 141 cm³/mol. The molecule has 2 amide bonds. The van der Waals surface area contributed by atoms with Crippen LogP contribution in [0.15, 0.2) is 85.1 Å². The Bertz CT molecular complexity index is 1340. The topological polar surface area (TPSA) is 65.6 Å². The number of methoxy groups -OCH3 is 1. The second kappa shape index (κ2) is 10.7. The highest BCUT2D eigenvalue weighted by Gasteiger charge is 2.36. The maximum Gasteiger partial charge on any atom is 0.258 e. The number of nitrogens with zero attached hydrogens (tertiary/aromatic N) is 2. The van der Waals surface area contributed by atoms with E-state index in [2.05, 4.69) is 17.1 Å². The van der Waals surface area contributed by atoms with Crippen LogP contribution in [0.5, 0.6) is 5.75 Å². The van der Waals surface area contributed by atoms with Gasteiger partial charge in [0.25, 0.3) is 5.91 Å². The first-order valence-corrected chi connectivity index (χ1v) is 12.4. The molecule has 1 aliphatic rings. The van der Waals surface area contributed by atoms with Crippen LogP contribution in [0.1, 0.15) is 34.3 Å². The highest BCUT2D eigenvalue weighted by Crippen LogP contribution is 2.30. The lowest BCUT2D eigenvalue weighted by Gasteiger charge is -2.28. The van der Waals surface area contributed by atoms with Gasteiger partial charge in [-0.2, -0.15) is 0 Å². The van der Waals surface area contributed by atoms with Gasteiger partial charge in [0.2, 0.25) is 5.91 Å². The third-order valence-electron chi connectivity index (χ3n) is 6.79. The maximum atomic E-state index is 13.7. The molecule has 36 heavy (non-hydrogen) atoms. The van der Waals surface area contributed by atoms with Crippen LogP contribution < -0.4 is 4.74 Å². The Morgan fingerprint density at radius 3 is 2.44 bits per heavy atom. The van der Waals surface area contributed by atoms with Crippen LogP contribution in [0.25, 0.3) is 10.9 Å². The molecular formula is C30H31N3O3. The molecule has 0 aliphatic heterocycles. The molecule has 5 rings (SSSR count). The van der Waals surface area contributed by atoms with E-state index in [4.69, 9.17) is 4.74 Å². The van der Waals surface area contributed by atoms with Crippen molar-refractivity contribution in [3.63, 3.8) is 0 Å². The van der Waals surface area contributed by atoms with Crippen molar-refractivity contribution in [3.05, 3.63) is 102 Å². The molecule has 6 heteroatoms. The number of hydrogen-bond donors (Lipinski definition) is 1. The lowest BCUT2D eigenvalue weighted by molar-refractivity contribution is -0.132. The molecule has 0 spiro atoms. The molecule has 0 bridgehead atoms. The van der Waals surface area contributed by atoms with Crippen molar-refractivity contribution in [1.82, 2.24) is 14.8 Å². The first-order chi connectivity index (χ1) is 17.6. The summed E-state index contributed by atoms with van der Waals surface area (Å²) in [6.07, 6.45) is 4.59. The van der Waals surface area contributed by atoms with E-state index in [1.54, 1.807) is 24.1 Å². The predicted octanol–water partition coefficient (Wildman–Crippen LogP) is 5.05. The van der Waals surface area contributed by atoms with E-state index in [-0.39, 0.29) is 24.4 Å². The van der Waals surface area contributed by atoms with E-state index in [9.17, 15) is 9.59 Å². The lowest BCUT2D eigenvalue weighted by Crippen LogP contribution is -2.44. The Morgan fingerprint density at radius 2 is 1.67 bits per heavy atom. The Morgan fingerprint density at radius 1 is 0.944 bits per heavy atom. The molecular weight excluding hydrogens is 450 g/mol. The summed E-state index contributed by atoms with van der Waals surface area (Å²) in [5, 5.41) is 1.18. The number of aromatic nitrogens is 1. The molecule has 6 nitrogen and oxygen atoms in total. The smallest absolute Gasteiger partial charge is 0.258 e. The van der Waals surface area contributed by atoms with Crippen molar-refractivity contribution in [1.29, 1.82) is 0 Å². The molecule has 1 N–H and O–H groups in total. The fourth-order valence-electron chi connectivity index (χ4n) is 4.66. The number of nitrogens with one attached hydrogen (secondary N) is 1. The standard InChI is InChI=1S/C30H31N3O3/c1-36-28-14-8-6-12-26(28)30(35)33(24-15-16-24)21-29(34)32(20-22-9-3-2-4-10-22)18-17-23-19-31-27-13-7-5-11-25(23)27/h2-14,19,24,31H,15-18,20-21H2,1H3. The van der Waals surface area contributed by atoms with Gasteiger partial charge in [-0.3, -0.25) is 9.59 Å². The van der Waals surface area contributed by atoms with Crippen molar-refractivity contribution in [2.24, 2.45) is 0 Å². The number of benzene rings is 3. The Kier molecular flexibility index (Phi) is 7.03. The molecule has 3 aromatic carbocycles. The molecule has 1 aromatic heterocycles. The number of carbonyl (C=O) groups excluding carboxylic acids is 2. The minimum Gasteiger partial charge on any atom is -0.496 e. The molecule has 0 atom stereocenters. The summed E-state index contributed by atoms with van der Waals surface area (Å²) in [5.41, 5.74) is 3.84. The maximum absolute atomic E-state index is 13.7. The summed E-state index contributed by atoms with van der Waals surface area (Å²) in [6.45, 7) is 1.13. The number of ether oxygens (including phenoxy) is 1. The van der Waals surface area contributed by atoms with Crippen LogP contribution in [0.3, 0.4) is 0 Å². The van der Waals surface area contributed by atoms with Gasteiger partial charge < -0.3 is 19.5 Å². The van der Waals surface area contributed by atoms with Gasteiger partial charge in [-0.1, -0.05) is 60.7 Å². The fourth-order valence-corrected chi connectivity index (χ4v) is 4.66. The van der Waals surface area contributed by atoms with E-state index >= 15 is 0 Å². The minimum atomic E-state index is -0.153. The largest absolute Gasteiger partial charge is 0.496 e. The van der Waals surface area contributed by atoms with Crippen LogP contribution >= 0.6 is 0 Å². The van der Waals surface area contributed by atoms with Crippen molar-refractivity contribution in [3.8, 4) is 5.75 Å². The van der Waals surface area contributed by atoms with E-state index in [1.165, 1.54) is 10.9 Å². The van der Waals surface area contributed by atoms with Gasteiger partial charge in [0.05, 0.1) is 12.7 Å². The summed E-state index contributed by atoms with van der Waals surface area (Å²) in [5.74, 6) is 0.328. The molecule has 184 valence electrons. The van der Waals surface area contributed by atoms with Gasteiger partial charge in [0.1, 0.15) is 12.3 Å². The summed E-state index contributed by atoms with van der Waals surface area (Å²) in [6, 6.07) is 25.5. The highest BCUT2D eigenvalue weighted by atomic mass is 16.5. The van der Waals surface area contributed by atoms with E-state index in [1.807, 2.05) is 65.7 Å². The zero-order valence-electron chi connectivity index (χ0n) is 20.5. The zero-order valence-corrected chi connectivity index (χ0v) is 20.5. The SMILES string of the molecule is COc1ccccc1C(=O)N(CC(=O)N(CCc1c[nH]c2ccccc12)Cc1ccccc1)C1CC1. The van der Waals surface area contributed by atoms with E-state index in [0.29, 0.717) is 24.4 Å². The number of fused-ring (bicyclic) bond motifs is 1. The first kappa shape index (κ1) is 23.7. The number of aromatic amines is 1. The van der Waals surface area contributed by atoms with Crippen molar-refractivity contribution >= 4 is 22.7 Å². The molecule has 0 radical (unpaired) electrons.